The molecule has 1 unspecified atom stereocenters. The van der Waals surface area contributed by atoms with Crippen LogP contribution >= 0.6 is 0 Å². The van der Waals surface area contributed by atoms with Gasteiger partial charge in [0.25, 0.3) is 5.91 Å². The second-order valence-corrected chi connectivity index (χ2v) is 6.22. The third-order valence-corrected chi connectivity index (χ3v) is 4.10. The molecule has 0 aliphatic heterocycles. The first kappa shape index (κ1) is 20.5. The van der Waals surface area contributed by atoms with Gasteiger partial charge in [0.1, 0.15) is 0 Å². The molecular formula is C20H21F3N2O2. The van der Waals surface area contributed by atoms with E-state index in [1.165, 1.54) is 18.2 Å². The zero-order valence-electron chi connectivity index (χ0n) is 15.1. The number of halogens is 3. The Balaban J connectivity index is 2.03. The highest BCUT2D eigenvalue weighted by atomic mass is 19.4. The Kier molecular flexibility index (Phi) is 6.60. The number of carbonyl (C=O) groups is 2. The number of alkyl halides is 3. The number of hydrogen-bond acceptors (Lipinski definition) is 2. The predicted molar refractivity (Wildman–Crippen MR) is 97.1 cm³/mol. The van der Waals surface area contributed by atoms with Gasteiger partial charge in [-0.25, -0.2) is 0 Å². The van der Waals surface area contributed by atoms with Crippen LogP contribution in [0.2, 0.25) is 0 Å². The minimum Gasteiger partial charge on any atom is -0.352 e. The van der Waals surface area contributed by atoms with Crippen LogP contribution in [0.3, 0.4) is 0 Å². The van der Waals surface area contributed by atoms with Crippen molar-refractivity contribution in [1.29, 1.82) is 0 Å². The van der Waals surface area contributed by atoms with E-state index in [0.29, 0.717) is 16.7 Å². The fraction of sp³-hybridized carbons (Fsp3) is 0.300. The Morgan fingerprint density at radius 1 is 1.04 bits per heavy atom. The lowest BCUT2D eigenvalue weighted by Crippen LogP contribution is -2.40. The third-order valence-electron chi connectivity index (χ3n) is 4.10. The normalized spacial score (nSPS) is 12.3. The molecule has 0 aromatic heterocycles. The molecule has 2 amide bonds. The molecule has 2 N–H and O–H groups in total. The summed E-state index contributed by atoms with van der Waals surface area (Å²) < 4.78 is 38.5. The van der Waals surface area contributed by atoms with Gasteiger partial charge in [-0.15, -0.1) is 0 Å². The smallest absolute Gasteiger partial charge is 0.352 e. The lowest BCUT2D eigenvalue weighted by molar-refractivity contribution is -0.137. The average Bonchev–Trinajstić information content (AvgIpc) is 2.65. The maximum absolute atomic E-state index is 12.8. The highest BCUT2D eigenvalue weighted by Gasteiger charge is 2.30. The molecule has 2 aromatic carbocycles. The van der Waals surface area contributed by atoms with Gasteiger partial charge in [0, 0.05) is 11.6 Å². The molecule has 0 saturated heterocycles. The summed E-state index contributed by atoms with van der Waals surface area (Å²) in [7, 11) is 0. The van der Waals surface area contributed by atoms with Crippen LogP contribution in [0.15, 0.2) is 48.5 Å². The fourth-order valence-electron chi connectivity index (χ4n) is 2.38. The molecule has 0 aliphatic carbocycles. The number of nitrogens with one attached hydrogen (secondary N) is 2. The van der Waals surface area contributed by atoms with Crippen LogP contribution in [0.4, 0.5) is 13.2 Å². The van der Waals surface area contributed by atoms with Gasteiger partial charge in [0.05, 0.1) is 12.1 Å². The molecule has 2 rings (SSSR count). The van der Waals surface area contributed by atoms with Crippen LogP contribution in [0.5, 0.6) is 0 Å². The summed E-state index contributed by atoms with van der Waals surface area (Å²) in [5, 5.41) is 5.26. The topological polar surface area (TPSA) is 58.2 Å². The first-order valence-corrected chi connectivity index (χ1v) is 8.56. The van der Waals surface area contributed by atoms with Crippen molar-refractivity contribution in [3.63, 3.8) is 0 Å². The van der Waals surface area contributed by atoms with Gasteiger partial charge < -0.3 is 10.6 Å². The zero-order valence-corrected chi connectivity index (χ0v) is 15.1. The fourth-order valence-corrected chi connectivity index (χ4v) is 2.38. The van der Waals surface area contributed by atoms with Gasteiger partial charge in [-0.05, 0) is 48.7 Å². The lowest BCUT2D eigenvalue weighted by atomic mass is 10.0. The largest absolute Gasteiger partial charge is 0.416 e. The minimum atomic E-state index is -4.41. The second kappa shape index (κ2) is 8.70. The molecule has 27 heavy (non-hydrogen) atoms. The highest BCUT2D eigenvalue weighted by molar-refractivity contribution is 5.96. The molecule has 2 aromatic rings. The van der Waals surface area contributed by atoms with E-state index in [4.69, 9.17) is 0 Å². The van der Waals surface area contributed by atoms with Crippen molar-refractivity contribution >= 4 is 11.8 Å². The van der Waals surface area contributed by atoms with E-state index in [-0.39, 0.29) is 18.5 Å². The van der Waals surface area contributed by atoms with Crippen LogP contribution in [0.25, 0.3) is 11.1 Å². The van der Waals surface area contributed by atoms with E-state index in [2.05, 4.69) is 10.6 Å². The summed E-state index contributed by atoms with van der Waals surface area (Å²) in [6.45, 7) is 3.67. The Morgan fingerprint density at radius 2 is 1.70 bits per heavy atom. The maximum atomic E-state index is 12.8. The highest BCUT2D eigenvalue weighted by Crippen LogP contribution is 2.32. The molecule has 0 spiro atoms. The van der Waals surface area contributed by atoms with Crippen molar-refractivity contribution in [3.05, 3.63) is 59.7 Å². The molecule has 0 saturated carbocycles. The van der Waals surface area contributed by atoms with Crippen LogP contribution in [0, 0.1) is 0 Å². The van der Waals surface area contributed by atoms with Gasteiger partial charge in [-0.3, -0.25) is 9.59 Å². The Morgan fingerprint density at radius 3 is 2.30 bits per heavy atom. The van der Waals surface area contributed by atoms with Crippen LogP contribution in [-0.2, 0) is 11.0 Å². The van der Waals surface area contributed by atoms with Crippen molar-refractivity contribution in [1.82, 2.24) is 10.6 Å². The SMILES string of the molecule is CCC(C)NC(=O)CNC(=O)c1ccc(-c2cccc(C(F)(F)F)c2)cc1. The van der Waals surface area contributed by atoms with Gasteiger partial charge in [-0.1, -0.05) is 31.2 Å². The van der Waals surface area contributed by atoms with Crippen molar-refractivity contribution in [3.8, 4) is 11.1 Å². The Bertz CT molecular complexity index is 802. The first-order valence-electron chi connectivity index (χ1n) is 8.56. The molecule has 0 radical (unpaired) electrons. The monoisotopic (exact) mass is 378 g/mol. The number of hydrogen-bond donors (Lipinski definition) is 2. The van der Waals surface area contributed by atoms with Crippen LogP contribution in [0.1, 0.15) is 36.2 Å². The predicted octanol–water partition coefficient (Wildman–Crippen LogP) is 4.02. The van der Waals surface area contributed by atoms with E-state index >= 15 is 0 Å². The molecule has 0 fully saturated rings. The summed E-state index contributed by atoms with van der Waals surface area (Å²) in [5.41, 5.74) is 0.563. The summed E-state index contributed by atoms with van der Waals surface area (Å²) in [5.74, 6) is -0.705. The van der Waals surface area contributed by atoms with Crippen LogP contribution < -0.4 is 10.6 Å². The van der Waals surface area contributed by atoms with Crippen molar-refractivity contribution in [2.24, 2.45) is 0 Å². The van der Waals surface area contributed by atoms with E-state index in [9.17, 15) is 22.8 Å². The molecule has 7 heteroatoms. The standard InChI is InChI=1S/C20H21F3N2O2/c1-3-13(2)25-18(26)12-24-19(27)15-9-7-14(8-10-15)16-5-4-6-17(11-16)20(21,22)23/h4-11,13H,3,12H2,1-2H3,(H,24,27)(H,25,26). The molecule has 144 valence electrons. The van der Waals surface area contributed by atoms with E-state index < -0.39 is 17.6 Å². The minimum absolute atomic E-state index is 0.0288. The molecule has 0 heterocycles. The quantitative estimate of drug-likeness (QED) is 0.798. The third kappa shape index (κ3) is 5.84. The van der Waals surface area contributed by atoms with Crippen molar-refractivity contribution in [2.45, 2.75) is 32.5 Å². The number of rotatable bonds is 6. The first-order chi connectivity index (χ1) is 12.7. The van der Waals surface area contributed by atoms with Crippen molar-refractivity contribution < 1.29 is 22.8 Å². The van der Waals surface area contributed by atoms with Gasteiger partial charge >= 0.3 is 6.18 Å². The van der Waals surface area contributed by atoms with Crippen LogP contribution in [-0.4, -0.2) is 24.4 Å². The lowest BCUT2D eigenvalue weighted by Gasteiger charge is -2.12. The maximum Gasteiger partial charge on any atom is 0.416 e. The van der Waals surface area contributed by atoms with Gasteiger partial charge in [0.15, 0.2) is 0 Å². The summed E-state index contributed by atoms with van der Waals surface area (Å²) >= 11 is 0. The van der Waals surface area contributed by atoms with Gasteiger partial charge in [0.2, 0.25) is 5.91 Å². The van der Waals surface area contributed by atoms with Gasteiger partial charge in [-0.2, -0.15) is 13.2 Å². The number of amides is 2. The zero-order chi connectivity index (χ0) is 20.0. The average molecular weight is 378 g/mol. The van der Waals surface area contributed by atoms with E-state index in [1.54, 1.807) is 18.2 Å². The molecule has 0 bridgehead atoms. The second-order valence-electron chi connectivity index (χ2n) is 6.22. The summed E-state index contributed by atoms with van der Waals surface area (Å²) in [6, 6.07) is 11.2. The molecule has 0 aliphatic rings. The summed E-state index contributed by atoms with van der Waals surface area (Å²) in [4.78, 5) is 23.8. The van der Waals surface area contributed by atoms with Crippen molar-refractivity contribution in [2.75, 3.05) is 6.54 Å². The Labute approximate surface area is 155 Å². The number of benzene rings is 2. The number of carbonyl (C=O) groups excluding carboxylic acids is 2. The molecule has 1 atom stereocenters. The summed E-state index contributed by atoms with van der Waals surface area (Å²) in [6.07, 6.45) is -3.62. The molecule has 4 nitrogen and oxygen atoms in total. The Hall–Kier alpha value is -2.83. The molecular weight excluding hydrogens is 357 g/mol. The van der Waals surface area contributed by atoms with E-state index in [1.807, 2.05) is 13.8 Å². The van der Waals surface area contributed by atoms with E-state index in [0.717, 1.165) is 18.6 Å².